The molecule has 0 aliphatic carbocycles. The molecule has 33 heavy (non-hydrogen) atoms. The zero-order valence-electron chi connectivity index (χ0n) is 18.2. The Hall–Kier alpha value is -3.11. The van der Waals surface area contributed by atoms with Crippen LogP contribution >= 0.6 is 7.60 Å². The van der Waals surface area contributed by atoms with Crippen LogP contribution in [-0.2, 0) is 36.3 Å². The third kappa shape index (κ3) is 6.93. The quantitative estimate of drug-likeness (QED) is 0.216. The van der Waals surface area contributed by atoms with Gasteiger partial charge in [0, 0.05) is 13.0 Å². The van der Waals surface area contributed by atoms with Crippen molar-refractivity contribution in [3.05, 3.63) is 64.7 Å². The van der Waals surface area contributed by atoms with Crippen LogP contribution in [0.3, 0.4) is 0 Å². The molecule has 0 radical (unpaired) electrons. The Bertz CT molecular complexity index is 1220. The number of anilines is 1. The fourth-order valence-corrected chi connectivity index (χ4v) is 4.10. The Morgan fingerprint density at radius 3 is 2.79 bits per heavy atom. The normalized spacial score (nSPS) is 13.1. The van der Waals surface area contributed by atoms with Gasteiger partial charge >= 0.3 is 7.60 Å². The standard InChI is InChI=1S/C21H26N5O6P/c1-3-4-17(27)12-32-33(29,31-11-16-7-5-15(2)6-8-16)14-30-10-9-26-13-23-18-19(26)24-21(22)25-20(18)28/h3,5-8,13H,1,4,9-12,14H2,2H3,(H3,22,24,25,28). The van der Waals surface area contributed by atoms with E-state index in [9.17, 15) is 14.2 Å². The lowest BCUT2D eigenvalue weighted by atomic mass is 10.2. The highest BCUT2D eigenvalue weighted by Gasteiger charge is 2.26. The van der Waals surface area contributed by atoms with Gasteiger partial charge in [-0.25, -0.2) is 4.98 Å². The van der Waals surface area contributed by atoms with Crippen molar-refractivity contribution < 1.29 is 23.1 Å². The number of nitrogens with zero attached hydrogens (tertiary/aromatic N) is 3. The molecule has 0 bridgehead atoms. The number of ketones is 1. The molecule has 176 valence electrons. The summed E-state index contributed by atoms with van der Waals surface area (Å²) < 4.78 is 31.2. The van der Waals surface area contributed by atoms with Gasteiger partial charge in [0.2, 0.25) is 5.95 Å². The fraction of sp³-hybridized carbons (Fsp3) is 0.333. The molecule has 3 rings (SSSR count). The predicted octanol–water partition coefficient (Wildman–Crippen LogP) is 2.56. The van der Waals surface area contributed by atoms with Crippen molar-refractivity contribution in [2.75, 3.05) is 25.3 Å². The lowest BCUT2D eigenvalue weighted by molar-refractivity contribution is -0.120. The van der Waals surface area contributed by atoms with E-state index >= 15 is 0 Å². The van der Waals surface area contributed by atoms with E-state index in [0.717, 1.165) is 11.1 Å². The second kappa shape index (κ2) is 11.2. The van der Waals surface area contributed by atoms with E-state index in [1.807, 2.05) is 31.2 Å². The Kier molecular flexibility index (Phi) is 8.29. The van der Waals surface area contributed by atoms with Gasteiger partial charge in [-0.2, -0.15) is 4.98 Å². The second-order valence-electron chi connectivity index (χ2n) is 7.27. The van der Waals surface area contributed by atoms with Crippen molar-refractivity contribution in [1.29, 1.82) is 0 Å². The van der Waals surface area contributed by atoms with Crippen LogP contribution < -0.4 is 11.3 Å². The summed E-state index contributed by atoms with van der Waals surface area (Å²) in [6.07, 6.45) is 2.63. The van der Waals surface area contributed by atoms with Crippen LogP contribution in [-0.4, -0.2) is 44.9 Å². The number of hydrogen-bond donors (Lipinski definition) is 2. The van der Waals surface area contributed by atoms with E-state index in [1.165, 1.54) is 12.4 Å². The lowest BCUT2D eigenvalue weighted by Gasteiger charge is -2.18. The van der Waals surface area contributed by atoms with Gasteiger partial charge in [-0.3, -0.25) is 23.7 Å². The minimum absolute atomic E-state index is 0.0261. The minimum Gasteiger partial charge on any atom is -0.369 e. The smallest absolute Gasteiger partial charge is 0.356 e. The van der Waals surface area contributed by atoms with Gasteiger partial charge in [-0.05, 0) is 12.5 Å². The number of aryl methyl sites for hydroxylation is 1. The molecule has 2 aromatic heterocycles. The molecule has 0 fully saturated rings. The average molecular weight is 475 g/mol. The number of nitrogen functional groups attached to an aromatic ring is 1. The number of imidazole rings is 1. The molecule has 0 aliphatic heterocycles. The third-order valence-electron chi connectivity index (χ3n) is 4.56. The molecule has 0 spiro atoms. The fourth-order valence-electron chi connectivity index (χ4n) is 2.83. The van der Waals surface area contributed by atoms with Crippen LogP contribution in [0.2, 0.25) is 0 Å². The largest absolute Gasteiger partial charge is 0.369 e. The summed E-state index contributed by atoms with van der Waals surface area (Å²) in [7, 11) is -3.74. The first-order chi connectivity index (χ1) is 15.8. The summed E-state index contributed by atoms with van der Waals surface area (Å²) in [6, 6.07) is 7.54. The third-order valence-corrected chi connectivity index (χ3v) is 6.11. The monoisotopic (exact) mass is 475 g/mol. The Labute approximate surface area is 190 Å². The van der Waals surface area contributed by atoms with Crippen LogP contribution in [0.1, 0.15) is 17.5 Å². The number of hydrogen-bond acceptors (Lipinski definition) is 9. The number of ether oxygens (including phenoxy) is 1. The molecule has 1 atom stereocenters. The summed E-state index contributed by atoms with van der Waals surface area (Å²) in [5, 5.41) is 0. The Morgan fingerprint density at radius 1 is 1.30 bits per heavy atom. The number of carbonyl (C=O) groups is 1. The zero-order valence-corrected chi connectivity index (χ0v) is 19.1. The van der Waals surface area contributed by atoms with Crippen molar-refractivity contribution in [1.82, 2.24) is 19.5 Å². The molecule has 0 amide bonds. The summed E-state index contributed by atoms with van der Waals surface area (Å²) in [5.41, 5.74) is 7.50. The number of rotatable bonds is 13. The Morgan fingerprint density at radius 2 is 2.06 bits per heavy atom. The summed E-state index contributed by atoms with van der Waals surface area (Å²) >= 11 is 0. The average Bonchev–Trinajstić information content (AvgIpc) is 3.18. The molecule has 1 unspecified atom stereocenters. The highest BCUT2D eigenvalue weighted by atomic mass is 31.2. The number of aromatic amines is 1. The number of carbonyl (C=O) groups excluding carboxylic acids is 1. The van der Waals surface area contributed by atoms with E-state index in [1.54, 1.807) is 4.57 Å². The molecular weight excluding hydrogens is 449 g/mol. The van der Waals surface area contributed by atoms with Gasteiger partial charge in [-0.15, -0.1) is 6.58 Å². The molecule has 12 heteroatoms. The van der Waals surface area contributed by atoms with Gasteiger partial charge < -0.3 is 19.6 Å². The topological polar surface area (TPSA) is 151 Å². The van der Waals surface area contributed by atoms with Crippen molar-refractivity contribution in [3.8, 4) is 0 Å². The maximum Gasteiger partial charge on any atom is 0.356 e. The van der Waals surface area contributed by atoms with Gasteiger partial charge in [0.05, 0.1) is 19.5 Å². The van der Waals surface area contributed by atoms with Crippen molar-refractivity contribution in [3.63, 3.8) is 0 Å². The second-order valence-corrected chi connectivity index (χ2v) is 9.27. The van der Waals surface area contributed by atoms with E-state index < -0.39 is 13.2 Å². The first-order valence-corrected chi connectivity index (χ1v) is 11.9. The summed E-state index contributed by atoms with van der Waals surface area (Å²) in [4.78, 5) is 34.1. The van der Waals surface area contributed by atoms with Gasteiger partial charge in [-0.1, -0.05) is 35.9 Å². The number of Topliss-reactive ketones (excluding diaryl/α,β-unsaturated/α-hetero) is 1. The summed E-state index contributed by atoms with van der Waals surface area (Å²) in [6.45, 7) is 5.48. The van der Waals surface area contributed by atoms with E-state index in [-0.39, 0.29) is 56.4 Å². The number of fused-ring (bicyclic) bond motifs is 1. The first kappa shape index (κ1) is 24.5. The molecule has 3 aromatic rings. The molecular formula is C21H26N5O6P. The van der Waals surface area contributed by atoms with Crippen molar-refractivity contribution in [2.24, 2.45) is 0 Å². The predicted molar refractivity (Wildman–Crippen MR) is 123 cm³/mol. The highest BCUT2D eigenvalue weighted by Crippen LogP contribution is 2.49. The zero-order chi connectivity index (χ0) is 23.8. The van der Waals surface area contributed by atoms with Gasteiger partial charge in [0.1, 0.15) is 13.0 Å². The molecule has 0 saturated carbocycles. The van der Waals surface area contributed by atoms with Gasteiger partial charge in [0.25, 0.3) is 5.56 Å². The molecule has 0 aliphatic rings. The number of H-pyrrole nitrogens is 1. The molecule has 11 nitrogen and oxygen atoms in total. The van der Waals surface area contributed by atoms with Crippen molar-refractivity contribution in [2.45, 2.75) is 26.5 Å². The number of nitrogens with two attached hydrogens (primary N) is 1. The highest BCUT2D eigenvalue weighted by molar-refractivity contribution is 7.53. The van der Waals surface area contributed by atoms with Crippen LogP contribution in [0, 0.1) is 6.92 Å². The molecule has 1 aromatic carbocycles. The number of nitrogens with one attached hydrogen (secondary N) is 1. The first-order valence-electron chi connectivity index (χ1n) is 10.1. The number of benzene rings is 1. The van der Waals surface area contributed by atoms with Crippen LogP contribution in [0.25, 0.3) is 11.2 Å². The SMILES string of the molecule is C=CCC(=O)COP(=O)(COCCn1cnc2c(=O)[nH]c(N)nc21)OCc1ccc(C)cc1. The maximum atomic E-state index is 13.2. The van der Waals surface area contributed by atoms with Crippen LogP contribution in [0.4, 0.5) is 5.95 Å². The number of aromatic nitrogens is 4. The number of allylic oxidation sites excluding steroid dienone is 1. The lowest BCUT2D eigenvalue weighted by Crippen LogP contribution is -2.14. The maximum absolute atomic E-state index is 13.2. The molecule has 0 saturated heterocycles. The van der Waals surface area contributed by atoms with E-state index in [4.69, 9.17) is 19.5 Å². The molecule has 3 N–H and O–H groups in total. The van der Waals surface area contributed by atoms with Gasteiger partial charge in [0.15, 0.2) is 16.9 Å². The van der Waals surface area contributed by atoms with Crippen LogP contribution in [0.5, 0.6) is 0 Å². The van der Waals surface area contributed by atoms with Crippen molar-refractivity contribution >= 4 is 30.5 Å². The van der Waals surface area contributed by atoms with E-state index in [0.29, 0.717) is 5.65 Å². The van der Waals surface area contributed by atoms with Crippen LogP contribution in [0.15, 0.2) is 48.0 Å². The Balaban J connectivity index is 1.60. The minimum atomic E-state index is -3.74. The van der Waals surface area contributed by atoms with E-state index in [2.05, 4.69) is 21.5 Å². The molecule has 2 heterocycles. The summed E-state index contributed by atoms with van der Waals surface area (Å²) in [5.74, 6) is -0.301.